The quantitative estimate of drug-likeness (QED) is 0.790. The van der Waals surface area contributed by atoms with Gasteiger partial charge in [-0.1, -0.05) is 42.0 Å². The van der Waals surface area contributed by atoms with Crippen molar-refractivity contribution in [1.29, 1.82) is 0 Å². The molecule has 0 unspecified atom stereocenters. The van der Waals surface area contributed by atoms with Crippen LogP contribution in [0.3, 0.4) is 0 Å². The number of anilines is 1. The van der Waals surface area contributed by atoms with Gasteiger partial charge < -0.3 is 15.0 Å². The second-order valence-electron chi connectivity index (χ2n) is 7.35. The first-order chi connectivity index (χ1) is 14.0. The normalized spacial score (nSPS) is 14.3. The van der Waals surface area contributed by atoms with Crippen molar-refractivity contribution >= 4 is 23.5 Å². The molecule has 1 aliphatic rings. The highest BCUT2D eigenvalue weighted by atomic mass is 16.5. The average molecular weight is 394 g/mol. The van der Waals surface area contributed by atoms with Gasteiger partial charge in [0.15, 0.2) is 0 Å². The molecule has 0 atom stereocenters. The van der Waals surface area contributed by atoms with Crippen LogP contribution < -0.4 is 5.32 Å². The van der Waals surface area contributed by atoms with Crippen LogP contribution in [0.4, 0.5) is 5.69 Å². The Morgan fingerprint density at radius 2 is 1.79 bits per heavy atom. The smallest absolute Gasteiger partial charge is 0.339 e. The molecule has 3 rings (SSSR count). The summed E-state index contributed by atoms with van der Waals surface area (Å²) >= 11 is 0. The Balaban J connectivity index is 1.55. The zero-order valence-corrected chi connectivity index (χ0v) is 16.8. The van der Waals surface area contributed by atoms with E-state index in [1.807, 2.05) is 36.1 Å². The number of methoxy groups -OCH3 is 1. The first kappa shape index (κ1) is 20.6. The number of rotatable bonds is 5. The van der Waals surface area contributed by atoms with Gasteiger partial charge in [0.1, 0.15) is 0 Å². The second kappa shape index (κ2) is 9.37. The van der Waals surface area contributed by atoms with E-state index in [0.717, 1.165) is 11.1 Å². The lowest BCUT2D eigenvalue weighted by atomic mass is 9.95. The summed E-state index contributed by atoms with van der Waals surface area (Å²) in [5, 5.41) is 2.84. The predicted molar refractivity (Wildman–Crippen MR) is 111 cm³/mol. The zero-order valence-electron chi connectivity index (χ0n) is 16.8. The molecule has 1 saturated heterocycles. The average Bonchev–Trinajstić information content (AvgIpc) is 2.73. The Labute approximate surface area is 170 Å². The number of piperidine rings is 1. The third kappa shape index (κ3) is 5.22. The number of benzene rings is 2. The number of carbonyl (C=O) groups excluding carboxylic acids is 3. The molecule has 29 heavy (non-hydrogen) atoms. The first-order valence-electron chi connectivity index (χ1n) is 9.79. The second-order valence-corrected chi connectivity index (χ2v) is 7.35. The van der Waals surface area contributed by atoms with Crippen LogP contribution >= 0.6 is 0 Å². The monoisotopic (exact) mass is 394 g/mol. The molecular weight excluding hydrogens is 368 g/mol. The molecule has 152 valence electrons. The minimum absolute atomic E-state index is 0.0884. The summed E-state index contributed by atoms with van der Waals surface area (Å²) in [6.07, 6.45) is 1.59. The van der Waals surface area contributed by atoms with Crippen molar-refractivity contribution in [3.05, 3.63) is 65.2 Å². The number of para-hydroxylation sites is 1. The molecule has 0 spiro atoms. The van der Waals surface area contributed by atoms with Crippen LogP contribution in [0.15, 0.2) is 48.5 Å². The fourth-order valence-corrected chi connectivity index (χ4v) is 3.61. The fourth-order valence-electron chi connectivity index (χ4n) is 3.61. The summed E-state index contributed by atoms with van der Waals surface area (Å²) in [6, 6.07) is 14.7. The molecule has 6 heteroatoms. The third-order valence-electron chi connectivity index (χ3n) is 5.25. The van der Waals surface area contributed by atoms with E-state index in [2.05, 4.69) is 5.32 Å². The SMILES string of the molecule is COC(=O)c1ccccc1NC(=O)C1CCN(C(=O)Cc2cccc(C)c2)CC1. The summed E-state index contributed by atoms with van der Waals surface area (Å²) in [4.78, 5) is 38.9. The Kier molecular flexibility index (Phi) is 6.65. The molecule has 0 bridgehead atoms. The van der Waals surface area contributed by atoms with Gasteiger partial charge in [-0.15, -0.1) is 0 Å². The highest BCUT2D eigenvalue weighted by Crippen LogP contribution is 2.22. The molecule has 2 amide bonds. The highest BCUT2D eigenvalue weighted by Gasteiger charge is 2.28. The number of hydrogen-bond acceptors (Lipinski definition) is 4. The molecule has 1 N–H and O–H groups in total. The van der Waals surface area contributed by atoms with Crippen LogP contribution in [-0.2, 0) is 20.7 Å². The highest BCUT2D eigenvalue weighted by molar-refractivity contribution is 6.01. The number of carbonyl (C=O) groups is 3. The van der Waals surface area contributed by atoms with E-state index in [0.29, 0.717) is 43.6 Å². The molecule has 0 aliphatic carbocycles. The van der Waals surface area contributed by atoms with Crippen LogP contribution in [0.1, 0.15) is 34.3 Å². The number of ether oxygens (including phenoxy) is 1. The van der Waals surface area contributed by atoms with Gasteiger partial charge in [0.05, 0.1) is 24.8 Å². The lowest BCUT2D eigenvalue weighted by Crippen LogP contribution is -2.42. The molecule has 2 aromatic carbocycles. The Morgan fingerprint density at radius 1 is 1.07 bits per heavy atom. The molecule has 1 fully saturated rings. The lowest BCUT2D eigenvalue weighted by molar-refractivity contribution is -0.133. The summed E-state index contributed by atoms with van der Waals surface area (Å²) < 4.78 is 4.77. The van der Waals surface area contributed by atoms with E-state index in [9.17, 15) is 14.4 Å². The molecule has 1 heterocycles. The Hall–Kier alpha value is -3.15. The van der Waals surface area contributed by atoms with E-state index in [1.165, 1.54) is 7.11 Å². The lowest BCUT2D eigenvalue weighted by Gasteiger charge is -2.31. The summed E-state index contributed by atoms with van der Waals surface area (Å²) in [5.41, 5.74) is 2.92. The molecule has 2 aromatic rings. The van der Waals surface area contributed by atoms with Crippen molar-refractivity contribution < 1.29 is 19.1 Å². The summed E-state index contributed by atoms with van der Waals surface area (Å²) in [7, 11) is 1.31. The Bertz CT molecular complexity index is 901. The molecule has 0 radical (unpaired) electrons. The maximum Gasteiger partial charge on any atom is 0.339 e. The van der Waals surface area contributed by atoms with Gasteiger partial charge in [-0.25, -0.2) is 4.79 Å². The van der Waals surface area contributed by atoms with Crippen molar-refractivity contribution in [3.63, 3.8) is 0 Å². The molecule has 1 aliphatic heterocycles. The van der Waals surface area contributed by atoms with Gasteiger partial charge in [0, 0.05) is 19.0 Å². The van der Waals surface area contributed by atoms with E-state index in [-0.39, 0.29) is 17.7 Å². The minimum atomic E-state index is -0.488. The van der Waals surface area contributed by atoms with E-state index in [4.69, 9.17) is 4.74 Å². The number of nitrogens with zero attached hydrogens (tertiary/aromatic N) is 1. The number of nitrogens with one attached hydrogen (secondary N) is 1. The fraction of sp³-hybridized carbons (Fsp3) is 0.348. The van der Waals surface area contributed by atoms with Gasteiger partial charge in [-0.05, 0) is 37.5 Å². The van der Waals surface area contributed by atoms with Crippen molar-refractivity contribution in [1.82, 2.24) is 4.90 Å². The van der Waals surface area contributed by atoms with Gasteiger partial charge in [0.25, 0.3) is 0 Å². The Morgan fingerprint density at radius 3 is 2.48 bits per heavy atom. The number of esters is 1. The van der Waals surface area contributed by atoms with Crippen molar-refractivity contribution in [2.45, 2.75) is 26.2 Å². The zero-order chi connectivity index (χ0) is 20.8. The van der Waals surface area contributed by atoms with Gasteiger partial charge in [0.2, 0.25) is 11.8 Å². The number of amides is 2. The van der Waals surface area contributed by atoms with Gasteiger partial charge in [-0.2, -0.15) is 0 Å². The molecule has 0 aromatic heterocycles. The van der Waals surface area contributed by atoms with Crippen molar-refractivity contribution in [2.24, 2.45) is 5.92 Å². The molecule has 6 nitrogen and oxygen atoms in total. The van der Waals surface area contributed by atoms with Crippen LogP contribution in [0.5, 0.6) is 0 Å². The van der Waals surface area contributed by atoms with Crippen molar-refractivity contribution in [3.8, 4) is 0 Å². The summed E-state index contributed by atoms with van der Waals surface area (Å²) in [6.45, 7) is 3.12. The summed E-state index contributed by atoms with van der Waals surface area (Å²) in [5.74, 6) is -0.723. The maximum atomic E-state index is 12.7. The largest absolute Gasteiger partial charge is 0.465 e. The van der Waals surface area contributed by atoms with E-state index in [1.54, 1.807) is 24.3 Å². The first-order valence-corrected chi connectivity index (χ1v) is 9.79. The molecule has 0 saturated carbocycles. The van der Waals surface area contributed by atoms with E-state index >= 15 is 0 Å². The maximum absolute atomic E-state index is 12.7. The topological polar surface area (TPSA) is 75.7 Å². The van der Waals surface area contributed by atoms with Crippen LogP contribution in [-0.4, -0.2) is 42.9 Å². The number of hydrogen-bond donors (Lipinski definition) is 1. The number of likely N-dealkylation sites (tertiary alicyclic amines) is 1. The minimum Gasteiger partial charge on any atom is -0.465 e. The van der Waals surface area contributed by atoms with Crippen LogP contribution in [0, 0.1) is 12.8 Å². The standard InChI is InChI=1S/C23H26N2O4/c1-16-6-5-7-17(14-16)15-21(26)25-12-10-18(11-13-25)22(27)24-20-9-4-3-8-19(20)23(28)29-2/h3-9,14,18H,10-13,15H2,1-2H3,(H,24,27). The van der Waals surface area contributed by atoms with Crippen LogP contribution in [0.2, 0.25) is 0 Å². The predicted octanol–water partition coefficient (Wildman–Crippen LogP) is 3.20. The third-order valence-corrected chi connectivity index (χ3v) is 5.25. The van der Waals surface area contributed by atoms with Gasteiger partial charge in [-0.3, -0.25) is 9.59 Å². The number of aryl methyl sites for hydroxylation is 1. The van der Waals surface area contributed by atoms with Crippen molar-refractivity contribution in [2.75, 3.05) is 25.5 Å². The van der Waals surface area contributed by atoms with Crippen LogP contribution in [0.25, 0.3) is 0 Å². The van der Waals surface area contributed by atoms with Gasteiger partial charge >= 0.3 is 5.97 Å². The van der Waals surface area contributed by atoms with E-state index < -0.39 is 5.97 Å². The molecular formula is C23H26N2O4.